The molecule has 0 fully saturated rings. The van der Waals surface area contributed by atoms with Gasteiger partial charge in [0.05, 0.1) is 28.0 Å². The van der Waals surface area contributed by atoms with Gasteiger partial charge in [-0.15, -0.1) is 0 Å². The van der Waals surface area contributed by atoms with Crippen molar-refractivity contribution in [3.63, 3.8) is 0 Å². The highest BCUT2D eigenvalue weighted by Gasteiger charge is 2.09. The van der Waals surface area contributed by atoms with Crippen molar-refractivity contribution in [1.29, 1.82) is 5.26 Å². The molecule has 106 valence electrons. The number of phenolic OH excluding ortho intramolecular Hbond substituents is 1. The molecule has 2 amide bonds. The zero-order valence-corrected chi connectivity index (χ0v) is 11.5. The molecule has 6 nitrogen and oxygen atoms in total. The van der Waals surface area contributed by atoms with E-state index in [1.807, 2.05) is 6.07 Å². The number of anilines is 3. The van der Waals surface area contributed by atoms with Crippen LogP contribution in [0.3, 0.4) is 0 Å². The van der Waals surface area contributed by atoms with Gasteiger partial charge in [0.1, 0.15) is 5.75 Å². The molecule has 21 heavy (non-hydrogen) atoms. The molecule has 0 heterocycles. The lowest BCUT2D eigenvalue weighted by Crippen LogP contribution is -2.19. The number of benzene rings is 2. The third-order valence-corrected chi connectivity index (χ3v) is 2.96. The van der Waals surface area contributed by atoms with E-state index >= 15 is 0 Å². The quantitative estimate of drug-likeness (QED) is 0.504. The average molecular weight is 303 g/mol. The van der Waals surface area contributed by atoms with Gasteiger partial charge in [-0.2, -0.15) is 5.26 Å². The van der Waals surface area contributed by atoms with Crippen LogP contribution in [0.4, 0.5) is 21.9 Å². The monoisotopic (exact) mass is 302 g/mol. The van der Waals surface area contributed by atoms with Crippen molar-refractivity contribution in [1.82, 2.24) is 0 Å². The van der Waals surface area contributed by atoms with Crippen LogP contribution in [0, 0.1) is 11.3 Å². The first kappa shape index (κ1) is 14.5. The summed E-state index contributed by atoms with van der Waals surface area (Å²) in [5, 5.41) is 23.6. The lowest BCUT2D eigenvalue weighted by Gasteiger charge is -2.10. The summed E-state index contributed by atoms with van der Waals surface area (Å²) in [6.45, 7) is 0. The highest BCUT2D eigenvalue weighted by atomic mass is 35.5. The predicted octanol–water partition coefficient (Wildman–Crippen LogP) is 3.14. The van der Waals surface area contributed by atoms with Gasteiger partial charge in [-0.25, -0.2) is 4.79 Å². The van der Waals surface area contributed by atoms with Crippen LogP contribution in [0.1, 0.15) is 5.56 Å². The number of carbonyl (C=O) groups is 1. The first-order valence-corrected chi connectivity index (χ1v) is 6.23. The van der Waals surface area contributed by atoms with Crippen LogP contribution in [0.5, 0.6) is 5.75 Å². The van der Waals surface area contributed by atoms with Crippen LogP contribution in [0.15, 0.2) is 36.4 Å². The molecule has 2 rings (SSSR count). The van der Waals surface area contributed by atoms with Crippen molar-refractivity contribution in [2.75, 3.05) is 16.4 Å². The van der Waals surface area contributed by atoms with Gasteiger partial charge >= 0.3 is 6.03 Å². The number of nitrogen functional groups attached to an aromatic ring is 1. The number of nitrogens with one attached hydrogen (secondary N) is 2. The fraction of sp³-hybridized carbons (Fsp3) is 0. The zero-order valence-electron chi connectivity index (χ0n) is 10.7. The lowest BCUT2D eigenvalue weighted by molar-refractivity contribution is 0.262. The Morgan fingerprint density at radius 2 is 1.90 bits per heavy atom. The van der Waals surface area contributed by atoms with E-state index in [9.17, 15) is 9.90 Å². The molecule has 0 aliphatic heterocycles. The largest absolute Gasteiger partial charge is 0.506 e. The molecule has 0 aromatic heterocycles. The van der Waals surface area contributed by atoms with E-state index in [4.69, 9.17) is 22.6 Å². The Hall–Kier alpha value is -2.91. The molecule has 0 saturated carbocycles. The van der Waals surface area contributed by atoms with Crippen LogP contribution in [0.25, 0.3) is 0 Å². The van der Waals surface area contributed by atoms with E-state index in [1.54, 1.807) is 24.3 Å². The first-order chi connectivity index (χ1) is 9.99. The second-order valence-corrected chi connectivity index (χ2v) is 4.57. The number of nitrogens with zero attached hydrogens (tertiary/aromatic N) is 1. The first-order valence-electron chi connectivity index (χ1n) is 5.86. The number of urea groups is 1. The number of halogens is 1. The molecule has 5 N–H and O–H groups in total. The molecule has 0 saturated heterocycles. The van der Waals surface area contributed by atoms with Crippen molar-refractivity contribution < 1.29 is 9.90 Å². The van der Waals surface area contributed by atoms with Gasteiger partial charge in [-0.1, -0.05) is 11.6 Å². The fourth-order valence-electron chi connectivity index (χ4n) is 1.59. The van der Waals surface area contributed by atoms with Gasteiger partial charge in [-0.05, 0) is 30.3 Å². The summed E-state index contributed by atoms with van der Waals surface area (Å²) < 4.78 is 0. The Morgan fingerprint density at radius 1 is 1.24 bits per heavy atom. The number of phenols is 1. The summed E-state index contributed by atoms with van der Waals surface area (Å²) in [6, 6.07) is 10.4. The number of hydrogen-bond donors (Lipinski definition) is 4. The minimum Gasteiger partial charge on any atom is -0.506 e. The number of hydrogen-bond acceptors (Lipinski definition) is 4. The van der Waals surface area contributed by atoms with Gasteiger partial charge in [-0.3, -0.25) is 0 Å². The van der Waals surface area contributed by atoms with Gasteiger partial charge in [0, 0.05) is 11.8 Å². The number of rotatable bonds is 2. The summed E-state index contributed by atoms with van der Waals surface area (Å²) in [5.74, 6) is -0.188. The second kappa shape index (κ2) is 6.03. The average Bonchev–Trinajstić information content (AvgIpc) is 2.45. The van der Waals surface area contributed by atoms with Crippen LogP contribution >= 0.6 is 11.6 Å². The van der Waals surface area contributed by atoms with Crippen LogP contribution < -0.4 is 16.4 Å². The van der Waals surface area contributed by atoms with Gasteiger partial charge in [0.15, 0.2) is 0 Å². The molecule has 0 bridgehead atoms. The third kappa shape index (κ3) is 3.55. The van der Waals surface area contributed by atoms with Gasteiger partial charge < -0.3 is 21.5 Å². The minimum absolute atomic E-state index is 0.139. The molecule has 0 unspecified atom stereocenters. The van der Waals surface area contributed by atoms with Crippen LogP contribution in [0.2, 0.25) is 5.02 Å². The van der Waals surface area contributed by atoms with Crippen LogP contribution in [-0.4, -0.2) is 11.1 Å². The van der Waals surface area contributed by atoms with E-state index in [0.717, 1.165) is 0 Å². The second-order valence-electron chi connectivity index (χ2n) is 4.16. The predicted molar refractivity (Wildman–Crippen MR) is 81.3 cm³/mol. The summed E-state index contributed by atoms with van der Waals surface area (Å²) in [4.78, 5) is 11.8. The van der Waals surface area contributed by atoms with E-state index in [1.165, 1.54) is 12.1 Å². The van der Waals surface area contributed by atoms with Gasteiger partial charge in [0.25, 0.3) is 0 Å². The van der Waals surface area contributed by atoms with Gasteiger partial charge in [0.2, 0.25) is 0 Å². The van der Waals surface area contributed by atoms with E-state index in [0.29, 0.717) is 11.3 Å². The Balaban J connectivity index is 2.08. The zero-order chi connectivity index (χ0) is 15.4. The topological polar surface area (TPSA) is 111 Å². The van der Waals surface area contributed by atoms with Crippen molar-refractivity contribution in [2.45, 2.75) is 0 Å². The molecule has 0 aliphatic carbocycles. The third-order valence-electron chi connectivity index (χ3n) is 2.64. The maximum atomic E-state index is 11.8. The van der Waals surface area contributed by atoms with Crippen molar-refractivity contribution >= 4 is 34.7 Å². The van der Waals surface area contributed by atoms with E-state index < -0.39 is 6.03 Å². The molecule has 0 radical (unpaired) electrons. The van der Waals surface area contributed by atoms with E-state index in [-0.39, 0.29) is 22.1 Å². The normalized spacial score (nSPS) is 9.71. The van der Waals surface area contributed by atoms with E-state index in [2.05, 4.69) is 10.6 Å². The maximum absolute atomic E-state index is 11.8. The van der Waals surface area contributed by atoms with Crippen molar-refractivity contribution in [3.8, 4) is 11.8 Å². The number of aromatic hydroxyl groups is 1. The molecule has 2 aromatic rings. The molecule has 2 aromatic carbocycles. The summed E-state index contributed by atoms with van der Waals surface area (Å²) >= 11 is 5.82. The molecule has 0 aliphatic rings. The smallest absolute Gasteiger partial charge is 0.323 e. The molecular weight excluding hydrogens is 292 g/mol. The SMILES string of the molecule is N#Cc1ccc(NC(=O)Nc2cc(Cl)c(N)cc2O)cc1. The standard InChI is InChI=1S/C14H11ClN4O2/c15-10-5-12(13(20)6-11(10)17)19-14(21)18-9-3-1-8(7-16)2-4-9/h1-6,20H,17H2,(H2,18,19,21). The van der Waals surface area contributed by atoms with Crippen molar-refractivity contribution in [2.24, 2.45) is 0 Å². The summed E-state index contributed by atoms with van der Waals surface area (Å²) in [6.07, 6.45) is 0. The highest BCUT2D eigenvalue weighted by molar-refractivity contribution is 6.33. The molecular formula is C14H11ClN4O2. The fourth-order valence-corrected chi connectivity index (χ4v) is 1.75. The Bertz CT molecular complexity index is 723. The Labute approximate surface area is 125 Å². The number of nitriles is 1. The maximum Gasteiger partial charge on any atom is 0.323 e. The molecule has 7 heteroatoms. The van der Waals surface area contributed by atoms with Crippen LogP contribution in [-0.2, 0) is 0 Å². The Kier molecular flexibility index (Phi) is 4.16. The number of amides is 2. The summed E-state index contributed by atoms with van der Waals surface area (Å²) in [7, 11) is 0. The summed E-state index contributed by atoms with van der Waals surface area (Å²) in [5.41, 5.74) is 6.88. The number of carbonyl (C=O) groups excluding carboxylic acids is 1. The molecule has 0 spiro atoms. The molecule has 0 atom stereocenters. The minimum atomic E-state index is -0.559. The Morgan fingerprint density at radius 3 is 2.52 bits per heavy atom. The lowest BCUT2D eigenvalue weighted by atomic mass is 10.2. The number of nitrogens with two attached hydrogens (primary N) is 1. The highest BCUT2D eigenvalue weighted by Crippen LogP contribution is 2.31. The van der Waals surface area contributed by atoms with Crippen molar-refractivity contribution in [3.05, 3.63) is 47.0 Å².